The van der Waals surface area contributed by atoms with Gasteiger partial charge in [-0.1, -0.05) is 47.6 Å². The van der Waals surface area contributed by atoms with Gasteiger partial charge in [-0.15, -0.1) is 10.2 Å². The zero-order chi connectivity index (χ0) is 20.6. The lowest BCUT2D eigenvalue weighted by Crippen LogP contribution is -2.15. The third-order valence-corrected chi connectivity index (χ3v) is 5.24. The minimum atomic E-state index is -0.154. The smallest absolute Gasteiger partial charge is 0.234 e. The summed E-state index contributed by atoms with van der Waals surface area (Å²) < 4.78 is 13.0. The van der Waals surface area contributed by atoms with Gasteiger partial charge in [0.15, 0.2) is 11.0 Å². The Balaban J connectivity index is 1.55. The Morgan fingerprint density at radius 3 is 2.59 bits per heavy atom. The second-order valence-electron chi connectivity index (χ2n) is 5.94. The number of benzene rings is 2. The predicted molar refractivity (Wildman–Crippen MR) is 114 cm³/mol. The predicted octanol–water partition coefficient (Wildman–Crippen LogP) is 4.18. The third kappa shape index (κ3) is 5.65. The number of nitrogens with one attached hydrogen (secondary N) is 1. The monoisotopic (exact) mass is 432 g/mol. The van der Waals surface area contributed by atoms with E-state index in [1.54, 1.807) is 22.8 Å². The molecule has 0 spiro atoms. The number of amides is 1. The van der Waals surface area contributed by atoms with Crippen LogP contribution in [0.1, 0.15) is 12.7 Å². The number of nitrogens with zero attached hydrogens (tertiary/aromatic N) is 3. The van der Waals surface area contributed by atoms with Crippen molar-refractivity contribution in [3.05, 3.63) is 59.4 Å². The van der Waals surface area contributed by atoms with Crippen molar-refractivity contribution in [2.24, 2.45) is 7.05 Å². The van der Waals surface area contributed by atoms with Crippen molar-refractivity contribution < 1.29 is 14.3 Å². The molecule has 7 nitrogen and oxygen atoms in total. The summed E-state index contributed by atoms with van der Waals surface area (Å²) in [6.45, 7) is 2.65. The van der Waals surface area contributed by atoms with E-state index in [-0.39, 0.29) is 18.3 Å². The number of carbonyl (C=O) groups is 1. The molecule has 9 heteroatoms. The first-order chi connectivity index (χ1) is 14.1. The van der Waals surface area contributed by atoms with Crippen LogP contribution >= 0.6 is 23.4 Å². The summed E-state index contributed by atoms with van der Waals surface area (Å²) in [5.41, 5.74) is 0.645. The normalized spacial score (nSPS) is 10.6. The third-order valence-electron chi connectivity index (χ3n) is 3.91. The van der Waals surface area contributed by atoms with Gasteiger partial charge in [0.25, 0.3) is 0 Å². The molecule has 3 rings (SSSR count). The molecule has 1 N–H and O–H groups in total. The van der Waals surface area contributed by atoms with Gasteiger partial charge in [0.05, 0.1) is 23.1 Å². The summed E-state index contributed by atoms with van der Waals surface area (Å²) in [6, 6.07) is 14.6. The standard InChI is InChI=1S/C20H21ClN4O3S/c1-3-27-17-11-7-5-9-15(17)22-19(26)13-29-20-24-23-18(25(20)2)12-28-16-10-6-4-8-14(16)21/h4-11H,3,12-13H2,1-2H3,(H,22,26). The van der Waals surface area contributed by atoms with Crippen molar-refractivity contribution in [3.8, 4) is 11.5 Å². The van der Waals surface area contributed by atoms with Gasteiger partial charge in [-0.3, -0.25) is 4.79 Å². The molecule has 1 amide bonds. The van der Waals surface area contributed by atoms with Crippen molar-refractivity contribution in [1.82, 2.24) is 14.8 Å². The van der Waals surface area contributed by atoms with Crippen molar-refractivity contribution >= 4 is 35.0 Å². The molecular weight excluding hydrogens is 412 g/mol. The SMILES string of the molecule is CCOc1ccccc1NC(=O)CSc1nnc(COc2ccccc2Cl)n1C. The van der Waals surface area contributed by atoms with Crippen LogP contribution < -0.4 is 14.8 Å². The summed E-state index contributed by atoms with van der Waals surface area (Å²) in [7, 11) is 1.83. The van der Waals surface area contributed by atoms with E-state index in [4.69, 9.17) is 21.1 Å². The van der Waals surface area contributed by atoms with Crippen LogP contribution in [0.5, 0.6) is 11.5 Å². The Kier molecular flexibility index (Phi) is 7.37. The van der Waals surface area contributed by atoms with E-state index in [2.05, 4.69) is 15.5 Å². The van der Waals surface area contributed by atoms with Crippen LogP contribution in [0.2, 0.25) is 5.02 Å². The van der Waals surface area contributed by atoms with Gasteiger partial charge < -0.3 is 19.4 Å². The Bertz CT molecular complexity index is 980. The van der Waals surface area contributed by atoms with Gasteiger partial charge in [0.2, 0.25) is 5.91 Å². The lowest BCUT2D eigenvalue weighted by molar-refractivity contribution is -0.113. The van der Waals surface area contributed by atoms with Gasteiger partial charge in [0.1, 0.15) is 18.1 Å². The molecular formula is C20H21ClN4O3S. The van der Waals surface area contributed by atoms with Gasteiger partial charge >= 0.3 is 0 Å². The van der Waals surface area contributed by atoms with Crippen LogP contribution in [-0.4, -0.2) is 33.0 Å². The Labute approximate surface area is 178 Å². The van der Waals surface area contributed by atoms with Gasteiger partial charge in [-0.25, -0.2) is 0 Å². The van der Waals surface area contributed by atoms with Gasteiger partial charge in [-0.05, 0) is 31.2 Å². The molecule has 152 valence electrons. The van der Waals surface area contributed by atoms with E-state index in [0.717, 1.165) is 0 Å². The minimum Gasteiger partial charge on any atom is -0.492 e. The molecule has 0 saturated carbocycles. The van der Waals surface area contributed by atoms with Crippen LogP contribution in [0.4, 0.5) is 5.69 Å². The van der Waals surface area contributed by atoms with E-state index in [9.17, 15) is 4.79 Å². The molecule has 1 aromatic heterocycles. The fraction of sp³-hybridized carbons (Fsp3) is 0.250. The minimum absolute atomic E-state index is 0.154. The molecule has 3 aromatic rings. The molecule has 0 unspecified atom stereocenters. The zero-order valence-electron chi connectivity index (χ0n) is 16.1. The van der Waals surface area contributed by atoms with Crippen LogP contribution in [-0.2, 0) is 18.4 Å². The Hall–Kier alpha value is -2.71. The number of thioether (sulfide) groups is 1. The number of halogens is 1. The first-order valence-corrected chi connectivity index (χ1v) is 10.3. The van der Waals surface area contributed by atoms with Gasteiger partial charge in [0, 0.05) is 7.05 Å². The highest BCUT2D eigenvalue weighted by Crippen LogP contribution is 2.26. The summed E-state index contributed by atoms with van der Waals surface area (Å²) in [5.74, 6) is 1.90. The van der Waals surface area contributed by atoms with Crippen LogP contribution in [0, 0.1) is 0 Å². The highest BCUT2D eigenvalue weighted by Gasteiger charge is 2.13. The number of aromatic nitrogens is 3. The maximum Gasteiger partial charge on any atom is 0.234 e. The van der Waals surface area contributed by atoms with E-state index >= 15 is 0 Å². The number of ether oxygens (including phenoxy) is 2. The molecule has 0 fully saturated rings. The summed E-state index contributed by atoms with van der Waals surface area (Å²) in [6.07, 6.45) is 0. The molecule has 0 bridgehead atoms. The highest BCUT2D eigenvalue weighted by molar-refractivity contribution is 7.99. The van der Waals surface area contributed by atoms with E-state index in [0.29, 0.717) is 39.8 Å². The van der Waals surface area contributed by atoms with Crippen LogP contribution in [0.25, 0.3) is 0 Å². The second kappa shape index (κ2) is 10.2. The molecule has 0 aliphatic rings. The van der Waals surface area contributed by atoms with Crippen molar-refractivity contribution in [2.45, 2.75) is 18.7 Å². The Morgan fingerprint density at radius 1 is 1.10 bits per heavy atom. The number of anilines is 1. The molecule has 0 atom stereocenters. The zero-order valence-corrected chi connectivity index (χ0v) is 17.7. The molecule has 0 radical (unpaired) electrons. The van der Waals surface area contributed by atoms with Crippen molar-refractivity contribution in [2.75, 3.05) is 17.7 Å². The average Bonchev–Trinajstić information content (AvgIpc) is 3.07. The van der Waals surface area contributed by atoms with Crippen molar-refractivity contribution in [1.29, 1.82) is 0 Å². The fourth-order valence-corrected chi connectivity index (χ4v) is 3.39. The van der Waals surface area contributed by atoms with Crippen molar-refractivity contribution in [3.63, 3.8) is 0 Å². The highest BCUT2D eigenvalue weighted by atomic mass is 35.5. The van der Waals surface area contributed by atoms with Crippen LogP contribution in [0.3, 0.4) is 0 Å². The molecule has 1 heterocycles. The topological polar surface area (TPSA) is 78.3 Å². The molecule has 2 aromatic carbocycles. The largest absolute Gasteiger partial charge is 0.492 e. The summed E-state index contributed by atoms with van der Waals surface area (Å²) >= 11 is 7.39. The fourth-order valence-electron chi connectivity index (χ4n) is 2.47. The van der Waals surface area contributed by atoms with E-state index < -0.39 is 0 Å². The number of rotatable bonds is 9. The first kappa shape index (κ1) is 21.0. The quantitative estimate of drug-likeness (QED) is 0.511. The van der Waals surface area contributed by atoms with Gasteiger partial charge in [-0.2, -0.15) is 0 Å². The first-order valence-electron chi connectivity index (χ1n) is 8.98. The van der Waals surface area contributed by atoms with E-state index in [1.165, 1.54) is 11.8 Å². The van der Waals surface area contributed by atoms with Crippen LogP contribution in [0.15, 0.2) is 53.7 Å². The molecule has 0 aliphatic heterocycles. The second-order valence-corrected chi connectivity index (χ2v) is 7.29. The maximum atomic E-state index is 12.3. The molecule has 29 heavy (non-hydrogen) atoms. The lowest BCUT2D eigenvalue weighted by Gasteiger charge is -2.11. The molecule has 0 aliphatic carbocycles. The maximum absolute atomic E-state index is 12.3. The summed E-state index contributed by atoms with van der Waals surface area (Å²) in [5, 5.41) is 12.3. The molecule has 0 saturated heterocycles. The average molecular weight is 433 g/mol. The Morgan fingerprint density at radius 2 is 1.83 bits per heavy atom. The summed E-state index contributed by atoms with van der Waals surface area (Å²) in [4.78, 5) is 12.3. The lowest BCUT2D eigenvalue weighted by atomic mass is 10.3. The van der Waals surface area contributed by atoms with E-state index in [1.807, 2.05) is 44.3 Å². The number of para-hydroxylation sites is 3. The number of carbonyl (C=O) groups excluding carboxylic acids is 1. The number of hydrogen-bond donors (Lipinski definition) is 1. The number of hydrogen-bond acceptors (Lipinski definition) is 6.